The number of nitrogen functional groups attached to an aromatic ring is 1. The number of aryl methyl sites for hydroxylation is 1. The molecule has 4 heteroatoms. The van der Waals surface area contributed by atoms with Crippen LogP contribution in [-0.2, 0) is 6.54 Å². The number of hydrogen-bond donors (Lipinski definition) is 1. The Balaban J connectivity index is 2.31. The van der Waals surface area contributed by atoms with E-state index in [1.807, 2.05) is 25.2 Å². The van der Waals surface area contributed by atoms with Gasteiger partial charge < -0.3 is 20.1 Å². The molecule has 4 nitrogen and oxygen atoms in total. The second-order valence-corrected chi connectivity index (χ2v) is 5.05. The van der Waals surface area contributed by atoms with Crippen LogP contribution in [0, 0.1) is 6.92 Å². The summed E-state index contributed by atoms with van der Waals surface area (Å²) in [6.45, 7) is 2.90. The zero-order chi connectivity index (χ0) is 15.4. The van der Waals surface area contributed by atoms with Crippen LogP contribution in [0.4, 0.5) is 11.4 Å². The molecule has 2 rings (SSSR count). The molecular formula is C17H22N2O2. The molecule has 0 aliphatic carbocycles. The van der Waals surface area contributed by atoms with Crippen LogP contribution in [-0.4, -0.2) is 21.3 Å². The molecule has 2 aromatic carbocycles. The molecule has 0 radical (unpaired) electrons. The SMILES string of the molecule is COc1cc(N)c(N(C)Cc2ccccc2C)cc1OC. The molecular weight excluding hydrogens is 264 g/mol. The van der Waals surface area contributed by atoms with Crippen molar-refractivity contribution in [3.8, 4) is 11.5 Å². The molecule has 0 unspecified atom stereocenters. The summed E-state index contributed by atoms with van der Waals surface area (Å²) in [5.41, 5.74) is 10.3. The summed E-state index contributed by atoms with van der Waals surface area (Å²) in [5.74, 6) is 1.32. The fourth-order valence-corrected chi connectivity index (χ4v) is 2.34. The Bertz CT molecular complexity index is 626. The third kappa shape index (κ3) is 3.21. The van der Waals surface area contributed by atoms with Gasteiger partial charge in [0.05, 0.1) is 25.6 Å². The monoisotopic (exact) mass is 286 g/mol. The number of nitrogens with zero attached hydrogens (tertiary/aromatic N) is 1. The van der Waals surface area contributed by atoms with Crippen molar-refractivity contribution in [2.45, 2.75) is 13.5 Å². The molecule has 0 saturated carbocycles. The van der Waals surface area contributed by atoms with Gasteiger partial charge in [0.1, 0.15) is 0 Å². The Morgan fingerprint density at radius 2 is 1.67 bits per heavy atom. The molecule has 0 fully saturated rings. The fraction of sp³-hybridized carbons (Fsp3) is 0.294. The quantitative estimate of drug-likeness (QED) is 0.857. The Morgan fingerprint density at radius 3 is 2.29 bits per heavy atom. The van der Waals surface area contributed by atoms with Crippen molar-refractivity contribution in [2.75, 3.05) is 31.9 Å². The third-order valence-corrected chi connectivity index (χ3v) is 3.61. The minimum atomic E-state index is 0.642. The summed E-state index contributed by atoms with van der Waals surface area (Å²) < 4.78 is 10.6. The van der Waals surface area contributed by atoms with Crippen LogP contribution in [0.5, 0.6) is 11.5 Å². The number of rotatable bonds is 5. The van der Waals surface area contributed by atoms with Crippen LogP contribution in [0.2, 0.25) is 0 Å². The van der Waals surface area contributed by atoms with Crippen molar-refractivity contribution in [2.24, 2.45) is 0 Å². The molecule has 2 N–H and O–H groups in total. The summed E-state index contributed by atoms with van der Waals surface area (Å²) in [6, 6.07) is 12.0. The van der Waals surface area contributed by atoms with Crippen LogP contribution < -0.4 is 20.1 Å². The first kappa shape index (κ1) is 15.0. The lowest BCUT2D eigenvalue weighted by atomic mass is 10.1. The first-order chi connectivity index (χ1) is 10.1. The second kappa shape index (κ2) is 6.39. The van der Waals surface area contributed by atoms with Gasteiger partial charge in [-0.25, -0.2) is 0 Å². The average Bonchev–Trinajstić information content (AvgIpc) is 2.49. The predicted molar refractivity (Wildman–Crippen MR) is 87.2 cm³/mol. The molecule has 0 aromatic heterocycles. The Kier molecular flexibility index (Phi) is 4.58. The zero-order valence-corrected chi connectivity index (χ0v) is 13.0. The average molecular weight is 286 g/mol. The van der Waals surface area contributed by atoms with Crippen molar-refractivity contribution < 1.29 is 9.47 Å². The first-order valence-electron chi connectivity index (χ1n) is 6.84. The summed E-state index contributed by atoms with van der Waals surface area (Å²) in [5, 5.41) is 0. The molecule has 0 heterocycles. The van der Waals surface area contributed by atoms with E-state index in [9.17, 15) is 0 Å². The van der Waals surface area contributed by atoms with Gasteiger partial charge in [0.25, 0.3) is 0 Å². The van der Waals surface area contributed by atoms with Crippen molar-refractivity contribution in [3.05, 3.63) is 47.5 Å². The molecule has 0 bridgehead atoms. The minimum absolute atomic E-state index is 0.642. The number of anilines is 2. The number of methoxy groups -OCH3 is 2. The maximum absolute atomic E-state index is 6.14. The molecule has 0 aliphatic heterocycles. The van der Waals surface area contributed by atoms with Crippen molar-refractivity contribution in [1.82, 2.24) is 0 Å². The summed E-state index contributed by atoms with van der Waals surface area (Å²) >= 11 is 0. The van der Waals surface area contributed by atoms with E-state index in [4.69, 9.17) is 15.2 Å². The van der Waals surface area contributed by atoms with Gasteiger partial charge in [-0.15, -0.1) is 0 Å². The van der Waals surface area contributed by atoms with Gasteiger partial charge in [0, 0.05) is 25.7 Å². The van der Waals surface area contributed by atoms with Gasteiger partial charge in [0.2, 0.25) is 0 Å². The highest BCUT2D eigenvalue weighted by Crippen LogP contribution is 2.36. The van der Waals surface area contributed by atoms with E-state index in [1.165, 1.54) is 11.1 Å². The van der Waals surface area contributed by atoms with Gasteiger partial charge in [0.15, 0.2) is 11.5 Å². The highest BCUT2D eigenvalue weighted by atomic mass is 16.5. The van der Waals surface area contributed by atoms with Crippen LogP contribution in [0.15, 0.2) is 36.4 Å². The van der Waals surface area contributed by atoms with Gasteiger partial charge in [-0.2, -0.15) is 0 Å². The molecule has 0 spiro atoms. The zero-order valence-electron chi connectivity index (χ0n) is 13.0. The van der Waals surface area contributed by atoms with E-state index >= 15 is 0 Å². The number of nitrogens with two attached hydrogens (primary N) is 1. The molecule has 112 valence electrons. The third-order valence-electron chi connectivity index (χ3n) is 3.61. The Hall–Kier alpha value is -2.36. The van der Waals surface area contributed by atoms with Crippen LogP contribution in [0.3, 0.4) is 0 Å². The predicted octanol–water partition coefficient (Wildman–Crippen LogP) is 3.23. The first-order valence-corrected chi connectivity index (χ1v) is 6.84. The van der Waals surface area contributed by atoms with Crippen LogP contribution in [0.25, 0.3) is 0 Å². The van der Waals surface area contributed by atoms with E-state index in [0.717, 1.165) is 12.2 Å². The lowest BCUT2D eigenvalue weighted by molar-refractivity contribution is 0.355. The summed E-state index contributed by atoms with van der Waals surface area (Å²) in [6.07, 6.45) is 0. The van der Waals surface area contributed by atoms with E-state index in [2.05, 4.69) is 24.0 Å². The van der Waals surface area contributed by atoms with Gasteiger partial charge in [-0.05, 0) is 18.1 Å². The van der Waals surface area contributed by atoms with Crippen molar-refractivity contribution in [3.63, 3.8) is 0 Å². The highest BCUT2D eigenvalue weighted by molar-refractivity contribution is 5.73. The van der Waals surface area contributed by atoms with Gasteiger partial charge in [-0.1, -0.05) is 24.3 Å². The van der Waals surface area contributed by atoms with Gasteiger partial charge >= 0.3 is 0 Å². The Labute approximate surface area is 126 Å². The Morgan fingerprint density at radius 1 is 1.05 bits per heavy atom. The lowest BCUT2D eigenvalue weighted by Crippen LogP contribution is -2.18. The highest BCUT2D eigenvalue weighted by Gasteiger charge is 2.13. The number of ether oxygens (including phenoxy) is 2. The normalized spacial score (nSPS) is 10.3. The minimum Gasteiger partial charge on any atom is -0.493 e. The maximum Gasteiger partial charge on any atom is 0.162 e. The van der Waals surface area contributed by atoms with Crippen molar-refractivity contribution in [1.29, 1.82) is 0 Å². The summed E-state index contributed by atoms with van der Waals surface area (Å²) in [4.78, 5) is 2.11. The van der Waals surface area contributed by atoms with E-state index in [0.29, 0.717) is 17.2 Å². The number of benzene rings is 2. The topological polar surface area (TPSA) is 47.7 Å². The van der Waals surface area contributed by atoms with Crippen LogP contribution in [0.1, 0.15) is 11.1 Å². The van der Waals surface area contributed by atoms with E-state index in [1.54, 1.807) is 20.3 Å². The molecule has 0 aliphatic rings. The standard InChI is InChI=1S/C17H22N2O2/c1-12-7-5-6-8-13(12)11-19(2)15-10-17(21-4)16(20-3)9-14(15)18/h5-10H,11,18H2,1-4H3. The van der Waals surface area contributed by atoms with Gasteiger partial charge in [-0.3, -0.25) is 0 Å². The number of hydrogen-bond acceptors (Lipinski definition) is 4. The second-order valence-electron chi connectivity index (χ2n) is 5.05. The smallest absolute Gasteiger partial charge is 0.162 e. The molecule has 0 saturated heterocycles. The fourth-order valence-electron chi connectivity index (χ4n) is 2.34. The molecule has 21 heavy (non-hydrogen) atoms. The molecule has 0 amide bonds. The van der Waals surface area contributed by atoms with Crippen molar-refractivity contribution >= 4 is 11.4 Å². The molecule has 2 aromatic rings. The molecule has 0 atom stereocenters. The van der Waals surface area contributed by atoms with E-state index in [-0.39, 0.29) is 0 Å². The lowest BCUT2D eigenvalue weighted by Gasteiger charge is -2.23. The largest absolute Gasteiger partial charge is 0.493 e. The summed E-state index contributed by atoms with van der Waals surface area (Å²) in [7, 11) is 5.25. The maximum atomic E-state index is 6.14. The van der Waals surface area contributed by atoms with E-state index < -0.39 is 0 Å². The van der Waals surface area contributed by atoms with Crippen LogP contribution >= 0.6 is 0 Å².